The molecule has 330 valence electrons. The number of aromatic amines is 1. The highest BCUT2D eigenvalue weighted by Crippen LogP contribution is 2.44. The molecule has 0 saturated heterocycles. The zero-order valence-corrected chi connectivity index (χ0v) is 38.6. The van der Waals surface area contributed by atoms with E-state index < -0.39 is 0 Å². The Kier molecular flexibility index (Phi) is 13.5. The van der Waals surface area contributed by atoms with Crippen LogP contribution < -0.4 is 0 Å². The second kappa shape index (κ2) is 20.0. The molecule has 9 rings (SSSR count). The quantitative estimate of drug-likeness (QED) is 0.107. The van der Waals surface area contributed by atoms with Crippen molar-refractivity contribution >= 4 is 68.8 Å². The highest BCUT2D eigenvalue weighted by Gasteiger charge is 2.31. The lowest BCUT2D eigenvalue weighted by Gasteiger charge is -2.29. The number of fused-ring (bicyclic) bond motifs is 8. The lowest BCUT2D eigenvalue weighted by Crippen LogP contribution is -2.25. The molecule has 0 atom stereocenters. The maximum atomic E-state index is 5.57. The molecule has 0 aliphatic carbocycles. The van der Waals surface area contributed by atoms with Crippen LogP contribution in [0.5, 0.6) is 0 Å². The molecule has 0 fully saturated rings. The Balaban J connectivity index is 1.46. The Labute approximate surface area is 381 Å². The molecule has 0 aromatic carbocycles. The van der Waals surface area contributed by atoms with Crippen molar-refractivity contribution in [3.63, 3.8) is 0 Å². The summed E-state index contributed by atoms with van der Waals surface area (Å²) in [6, 6.07) is 11.0. The third kappa shape index (κ3) is 9.47. The molecule has 0 spiro atoms. The van der Waals surface area contributed by atoms with Gasteiger partial charge in [0.15, 0.2) is 0 Å². The maximum absolute atomic E-state index is 5.57. The van der Waals surface area contributed by atoms with Gasteiger partial charge < -0.3 is 29.2 Å². The standard InChI is InChI=1S/C56H66N8/c1-5-9-27-60-31-13-17-42(38-60)53-51-26-25-48(59-51)36-47-22-21-45(57-47)35-46-23-24-49(58-46)37-52-54(43-18-14-32-61(39-43)28-10-6-2)55(44-19-15-33-62(40-44)29-11-7-3)56(53)64(52)50-20-16-34-63(41-50)30-12-8-4/h13-26,31-37,57H,5-12,27-30,38-41H2,1-4H3. The molecule has 9 heterocycles. The van der Waals surface area contributed by atoms with Gasteiger partial charge in [-0.25, -0.2) is 9.97 Å². The molecule has 8 nitrogen and oxygen atoms in total. The van der Waals surface area contributed by atoms with Gasteiger partial charge in [0.2, 0.25) is 0 Å². The number of nitrogens with one attached hydrogen (secondary N) is 1. The fraction of sp³-hybridized carbons (Fsp3) is 0.357. The number of unbranched alkanes of at least 4 members (excludes halogenated alkanes) is 4. The van der Waals surface area contributed by atoms with Gasteiger partial charge in [0, 0.05) is 79.2 Å². The number of hydrogen-bond acceptors (Lipinski definition) is 6. The maximum Gasteiger partial charge on any atom is 0.0734 e. The van der Waals surface area contributed by atoms with E-state index in [1.54, 1.807) is 0 Å². The highest BCUT2D eigenvalue weighted by atomic mass is 15.2. The zero-order chi connectivity index (χ0) is 43.8. The Morgan fingerprint density at radius 2 is 0.938 bits per heavy atom. The number of hydrogen-bond donors (Lipinski definition) is 1. The van der Waals surface area contributed by atoms with Crippen molar-refractivity contribution in [3.8, 4) is 0 Å². The van der Waals surface area contributed by atoms with Gasteiger partial charge in [-0.05, 0) is 152 Å². The molecule has 0 radical (unpaired) electrons. The first kappa shape index (κ1) is 43.0. The fourth-order valence-electron chi connectivity index (χ4n) is 9.64. The summed E-state index contributed by atoms with van der Waals surface area (Å²) in [6.07, 6.45) is 45.7. The third-order valence-corrected chi connectivity index (χ3v) is 13.0. The van der Waals surface area contributed by atoms with Gasteiger partial charge in [0.1, 0.15) is 0 Å². The second-order valence-corrected chi connectivity index (χ2v) is 17.9. The van der Waals surface area contributed by atoms with Gasteiger partial charge in [0.25, 0.3) is 0 Å². The smallest absolute Gasteiger partial charge is 0.0734 e. The van der Waals surface area contributed by atoms with Crippen LogP contribution in [0, 0.1) is 0 Å². The van der Waals surface area contributed by atoms with Crippen LogP contribution in [0.25, 0.3) is 68.8 Å². The van der Waals surface area contributed by atoms with Gasteiger partial charge in [-0.3, -0.25) is 0 Å². The van der Waals surface area contributed by atoms with Crippen molar-refractivity contribution in [2.75, 3.05) is 52.4 Å². The minimum atomic E-state index is 0.796. The lowest BCUT2D eigenvalue weighted by molar-refractivity contribution is 0.402. The minimum absolute atomic E-state index is 0.796. The highest BCUT2D eigenvalue weighted by molar-refractivity contribution is 6.05. The summed E-state index contributed by atoms with van der Waals surface area (Å²) in [5.41, 5.74) is 17.2. The number of nitrogens with zero attached hydrogens (tertiary/aromatic N) is 7. The molecule has 3 aromatic heterocycles. The van der Waals surface area contributed by atoms with E-state index in [1.807, 2.05) is 0 Å². The van der Waals surface area contributed by atoms with E-state index in [1.165, 1.54) is 50.1 Å². The summed E-state index contributed by atoms with van der Waals surface area (Å²) >= 11 is 0. The van der Waals surface area contributed by atoms with Crippen LogP contribution in [0.15, 0.2) is 104 Å². The molecule has 6 aliphatic heterocycles. The molecule has 0 saturated carbocycles. The van der Waals surface area contributed by atoms with Crippen molar-refractivity contribution in [3.05, 3.63) is 143 Å². The van der Waals surface area contributed by atoms with Crippen LogP contribution in [-0.4, -0.2) is 91.5 Å². The summed E-state index contributed by atoms with van der Waals surface area (Å²) in [7, 11) is 0. The monoisotopic (exact) mass is 851 g/mol. The van der Waals surface area contributed by atoms with Crippen LogP contribution >= 0.6 is 0 Å². The first-order valence-corrected chi connectivity index (χ1v) is 24.2. The van der Waals surface area contributed by atoms with Gasteiger partial charge >= 0.3 is 0 Å². The van der Waals surface area contributed by atoms with E-state index >= 15 is 0 Å². The average Bonchev–Trinajstić information content (AvgIpc) is 4.14. The van der Waals surface area contributed by atoms with E-state index in [0.717, 1.165) is 138 Å². The molecule has 3 aromatic rings. The van der Waals surface area contributed by atoms with Crippen LogP contribution in [0.4, 0.5) is 0 Å². The summed E-state index contributed by atoms with van der Waals surface area (Å²) in [5, 5.41) is 0. The second-order valence-electron chi connectivity index (χ2n) is 17.9. The molecule has 64 heavy (non-hydrogen) atoms. The number of aromatic nitrogens is 4. The van der Waals surface area contributed by atoms with Crippen molar-refractivity contribution in [1.82, 2.24) is 39.1 Å². The number of allylic oxidation sites excluding steroid dienone is 8. The summed E-state index contributed by atoms with van der Waals surface area (Å²) in [5.74, 6) is 0. The fourth-order valence-corrected chi connectivity index (χ4v) is 9.64. The normalized spacial score (nSPS) is 16.8. The van der Waals surface area contributed by atoms with Crippen LogP contribution in [0.2, 0.25) is 0 Å². The third-order valence-electron chi connectivity index (χ3n) is 13.0. The van der Waals surface area contributed by atoms with Crippen molar-refractivity contribution in [1.29, 1.82) is 0 Å². The molecule has 0 unspecified atom stereocenters. The summed E-state index contributed by atoms with van der Waals surface area (Å²) < 4.78 is 2.64. The zero-order valence-electron chi connectivity index (χ0n) is 38.6. The average molecular weight is 851 g/mol. The number of H-pyrrole nitrogens is 1. The Bertz CT molecular complexity index is 2700. The van der Waals surface area contributed by atoms with Gasteiger partial charge in [-0.15, -0.1) is 0 Å². The van der Waals surface area contributed by atoms with Gasteiger partial charge in [-0.1, -0.05) is 71.6 Å². The first-order chi connectivity index (χ1) is 31.5. The van der Waals surface area contributed by atoms with Crippen LogP contribution in [-0.2, 0) is 0 Å². The molecular weight excluding hydrogens is 785 g/mol. The Hall–Kier alpha value is -6.28. The molecule has 8 heteroatoms. The van der Waals surface area contributed by atoms with E-state index in [0.29, 0.717) is 0 Å². The summed E-state index contributed by atoms with van der Waals surface area (Å²) in [4.78, 5) is 24.5. The Morgan fingerprint density at radius 1 is 0.484 bits per heavy atom. The number of rotatable bonds is 16. The lowest BCUT2D eigenvalue weighted by atomic mass is 9.90. The molecule has 0 amide bonds. The van der Waals surface area contributed by atoms with Crippen molar-refractivity contribution in [2.24, 2.45) is 0 Å². The molecule has 8 bridgehead atoms. The SMILES string of the molecule is CCCCN1C=CC=C(c2c(C3=CC=CN(CCCC)C3)c3c(C4=CC=CN(CCCC)C4)c4nc(cc5ccc(cc6nc(cc2n3C2=CC=CN(CCCC)C2)C=C6)[nH]5)C=C4)C1. The van der Waals surface area contributed by atoms with E-state index in [9.17, 15) is 0 Å². The van der Waals surface area contributed by atoms with Gasteiger partial charge in [0.05, 0.1) is 40.4 Å². The van der Waals surface area contributed by atoms with Crippen molar-refractivity contribution in [2.45, 2.75) is 79.1 Å². The predicted molar refractivity (Wildman–Crippen MR) is 273 cm³/mol. The van der Waals surface area contributed by atoms with Gasteiger partial charge in [-0.2, -0.15) is 0 Å². The van der Waals surface area contributed by atoms with E-state index in [-0.39, 0.29) is 0 Å². The molecular formula is C56H66N8. The van der Waals surface area contributed by atoms with Crippen molar-refractivity contribution < 1.29 is 0 Å². The molecule has 6 aliphatic rings. The summed E-state index contributed by atoms with van der Waals surface area (Å²) in [6.45, 7) is 16.5. The first-order valence-electron chi connectivity index (χ1n) is 24.2. The predicted octanol–water partition coefficient (Wildman–Crippen LogP) is 12.6. The Morgan fingerprint density at radius 3 is 1.48 bits per heavy atom. The molecule has 1 N–H and O–H groups in total. The van der Waals surface area contributed by atoms with E-state index in [4.69, 9.17) is 9.97 Å². The largest absolute Gasteiger partial charge is 0.373 e. The minimum Gasteiger partial charge on any atom is -0.373 e. The topological polar surface area (TPSA) is 59.5 Å². The van der Waals surface area contributed by atoms with E-state index in [2.05, 4.69) is 185 Å². The van der Waals surface area contributed by atoms with Crippen LogP contribution in [0.1, 0.15) is 119 Å². The van der Waals surface area contributed by atoms with Crippen LogP contribution in [0.3, 0.4) is 0 Å².